The molecule has 7 heteroatoms. The lowest BCUT2D eigenvalue weighted by Crippen LogP contribution is -2.26. The van der Waals surface area contributed by atoms with Crippen LogP contribution in [0.1, 0.15) is 16.2 Å². The maximum Gasteiger partial charge on any atom is 0.251 e. The Bertz CT molecular complexity index is 1160. The Morgan fingerprint density at radius 2 is 1.84 bits per heavy atom. The minimum Gasteiger partial charge on any atom is -0.497 e. The van der Waals surface area contributed by atoms with Crippen molar-refractivity contribution in [2.45, 2.75) is 13.0 Å². The average molecular weight is 416 g/mol. The smallest absolute Gasteiger partial charge is 0.251 e. The molecule has 2 heterocycles. The summed E-state index contributed by atoms with van der Waals surface area (Å²) in [5.41, 5.74) is 2.57. The highest BCUT2D eigenvalue weighted by Gasteiger charge is 2.12. The number of carbonyl (C=O) groups excluding carboxylic acids is 1. The van der Waals surface area contributed by atoms with Crippen LogP contribution in [-0.2, 0) is 13.0 Å². The quantitative estimate of drug-likeness (QED) is 0.452. The van der Waals surface area contributed by atoms with Crippen LogP contribution in [-0.4, -0.2) is 40.7 Å². The van der Waals surface area contributed by atoms with E-state index in [0.29, 0.717) is 31.7 Å². The lowest BCUT2D eigenvalue weighted by molar-refractivity contribution is 0.0953. The van der Waals surface area contributed by atoms with E-state index < -0.39 is 0 Å². The molecular formula is C24H24N4O3. The first-order valence-corrected chi connectivity index (χ1v) is 10.1. The molecule has 0 atom stereocenters. The fraction of sp³-hybridized carbons (Fsp3) is 0.208. The lowest BCUT2D eigenvalue weighted by Gasteiger charge is -2.12. The van der Waals surface area contributed by atoms with Crippen molar-refractivity contribution in [3.05, 3.63) is 84.4 Å². The zero-order valence-electron chi connectivity index (χ0n) is 17.3. The van der Waals surface area contributed by atoms with Gasteiger partial charge in [-0.2, -0.15) is 0 Å². The van der Waals surface area contributed by atoms with Crippen molar-refractivity contribution in [3.8, 4) is 11.5 Å². The molecule has 4 aromatic rings. The number of ether oxygens (including phenoxy) is 2. The molecule has 0 saturated carbocycles. The molecule has 0 aliphatic rings. The van der Waals surface area contributed by atoms with Gasteiger partial charge in [0, 0.05) is 37.0 Å². The van der Waals surface area contributed by atoms with E-state index in [-0.39, 0.29) is 5.91 Å². The molecule has 1 amide bonds. The molecule has 0 bridgehead atoms. The van der Waals surface area contributed by atoms with Crippen molar-refractivity contribution >= 4 is 16.9 Å². The van der Waals surface area contributed by atoms with Gasteiger partial charge in [0.25, 0.3) is 5.91 Å². The number of pyridine rings is 1. The molecule has 2 aromatic carbocycles. The van der Waals surface area contributed by atoms with E-state index in [0.717, 1.165) is 28.4 Å². The van der Waals surface area contributed by atoms with Gasteiger partial charge in [-0.25, -0.2) is 4.98 Å². The summed E-state index contributed by atoms with van der Waals surface area (Å²) in [6.45, 7) is 1.62. The molecule has 0 fully saturated rings. The normalized spacial score (nSPS) is 10.7. The van der Waals surface area contributed by atoms with Gasteiger partial charge < -0.3 is 19.4 Å². The number of fused-ring (bicyclic) bond motifs is 1. The summed E-state index contributed by atoms with van der Waals surface area (Å²) < 4.78 is 13.3. The third kappa shape index (κ3) is 5.01. The molecule has 0 aliphatic carbocycles. The first-order chi connectivity index (χ1) is 15.2. The molecule has 0 radical (unpaired) electrons. The topological polar surface area (TPSA) is 78.3 Å². The number of amides is 1. The molecule has 1 N–H and O–H groups in total. The standard InChI is InChI=1S/C24H24N4O3/c1-30-19-5-4-6-20(17-19)31-16-15-28-22-8-3-2-7-21(22)27-23(28)11-14-26-24(29)18-9-12-25-13-10-18/h2-10,12-13,17H,11,14-16H2,1H3,(H,26,29). The van der Waals surface area contributed by atoms with Crippen LogP contribution in [0, 0.1) is 0 Å². The zero-order valence-corrected chi connectivity index (χ0v) is 17.3. The van der Waals surface area contributed by atoms with E-state index >= 15 is 0 Å². The van der Waals surface area contributed by atoms with Gasteiger partial charge in [0.1, 0.15) is 23.9 Å². The number of methoxy groups -OCH3 is 1. The Morgan fingerprint density at radius 3 is 2.68 bits per heavy atom. The number of benzene rings is 2. The minimum atomic E-state index is -0.119. The SMILES string of the molecule is COc1cccc(OCCn2c(CCNC(=O)c3ccncc3)nc3ccccc32)c1. The first kappa shape index (κ1) is 20.4. The summed E-state index contributed by atoms with van der Waals surface area (Å²) in [7, 11) is 1.64. The van der Waals surface area contributed by atoms with Gasteiger partial charge >= 0.3 is 0 Å². The maximum absolute atomic E-state index is 12.3. The van der Waals surface area contributed by atoms with E-state index in [1.54, 1.807) is 31.6 Å². The third-order valence-electron chi connectivity index (χ3n) is 4.94. The van der Waals surface area contributed by atoms with Crippen molar-refractivity contribution < 1.29 is 14.3 Å². The van der Waals surface area contributed by atoms with Crippen molar-refractivity contribution in [2.24, 2.45) is 0 Å². The summed E-state index contributed by atoms with van der Waals surface area (Å²) in [6, 6.07) is 19.0. The van der Waals surface area contributed by atoms with Crippen LogP contribution in [0.5, 0.6) is 11.5 Å². The summed E-state index contributed by atoms with van der Waals surface area (Å²) in [5.74, 6) is 2.31. The highest BCUT2D eigenvalue weighted by Crippen LogP contribution is 2.20. The summed E-state index contributed by atoms with van der Waals surface area (Å²) in [5, 5.41) is 2.95. The Balaban J connectivity index is 1.42. The number of rotatable bonds is 9. The van der Waals surface area contributed by atoms with Crippen LogP contribution < -0.4 is 14.8 Å². The van der Waals surface area contributed by atoms with Gasteiger partial charge in [0.05, 0.1) is 24.7 Å². The summed E-state index contributed by atoms with van der Waals surface area (Å²) >= 11 is 0. The largest absolute Gasteiger partial charge is 0.497 e. The first-order valence-electron chi connectivity index (χ1n) is 10.1. The Morgan fingerprint density at radius 1 is 1.03 bits per heavy atom. The highest BCUT2D eigenvalue weighted by atomic mass is 16.5. The van der Waals surface area contributed by atoms with Gasteiger partial charge in [-0.15, -0.1) is 0 Å². The molecule has 31 heavy (non-hydrogen) atoms. The second-order valence-corrected chi connectivity index (χ2v) is 6.94. The number of nitrogens with one attached hydrogen (secondary N) is 1. The molecule has 158 valence electrons. The van der Waals surface area contributed by atoms with E-state index in [1.807, 2.05) is 48.5 Å². The van der Waals surface area contributed by atoms with Gasteiger partial charge in [-0.05, 0) is 36.4 Å². The number of nitrogens with zero attached hydrogens (tertiary/aromatic N) is 3. The van der Waals surface area contributed by atoms with E-state index in [9.17, 15) is 4.79 Å². The summed E-state index contributed by atoms with van der Waals surface area (Å²) in [6.07, 6.45) is 3.83. The van der Waals surface area contributed by atoms with Crippen LogP contribution in [0.25, 0.3) is 11.0 Å². The van der Waals surface area contributed by atoms with Crippen LogP contribution in [0.4, 0.5) is 0 Å². The fourth-order valence-corrected chi connectivity index (χ4v) is 3.40. The fourth-order valence-electron chi connectivity index (χ4n) is 3.40. The third-order valence-corrected chi connectivity index (χ3v) is 4.94. The number of carbonyl (C=O) groups is 1. The van der Waals surface area contributed by atoms with Crippen LogP contribution in [0.3, 0.4) is 0 Å². The van der Waals surface area contributed by atoms with Gasteiger partial charge in [-0.3, -0.25) is 9.78 Å². The van der Waals surface area contributed by atoms with E-state index in [4.69, 9.17) is 14.5 Å². The molecular weight excluding hydrogens is 392 g/mol. The predicted molar refractivity (Wildman–Crippen MR) is 118 cm³/mol. The number of para-hydroxylation sites is 2. The molecule has 7 nitrogen and oxygen atoms in total. The molecule has 0 spiro atoms. The number of imidazole rings is 1. The highest BCUT2D eigenvalue weighted by molar-refractivity contribution is 5.93. The molecule has 4 rings (SSSR count). The number of hydrogen-bond donors (Lipinski definition) is 1. The van der Waals surface area contributed by atoms with Gasteiger partial charge in [0.2, 0.25) is 0 Å². The van der Waals surface area contributed by atoms with Gasteiger partial charge in [-0.1, -0.05) is 18.2 Å². The number of hydrogen-bond acceptors (Lipinski definition) is 5. The average Bonchev–Trinajstić information content (AvgIpc) is 3.17. The van der Waals surface area contributed by atoms with E-state index in [1.165, 1.54) is 0 Å². The maximum atomic E-state index is 12.3. The van der Waals surface area contributed by atoms with Crippen LogP contribution in [0.15, 0.2) is 73.1 Å². The molecule has 0 aliphatic heterocycles. The van der Waals surface area contributed by atoms with Crippen LogP contribution >= 0.6 is 0 Å². The Hall–Kier alpha value is -3.87. The van der Waals surface area contributed by atoms with Crippen molar-refractivity contribution in [2.75, 3.05) is 20.3 Å². The zero-order chi connectivity index (χ0) is 21.5. The molecule has 0 unspecified atom stereocenters. The Labute approximate surface area is 180 Å². The minimum absolute atomic E-state index is 0.119. The van der Waals surface area contributed by atoms with Gasteiger partial charge in [0.15, 0.2) is 0 Å². The van der Waals surface area contributed by atoms with Crippen molar-refractivity contribution in [1.82, 2.24) is 19.9 Å². The van der Waals surface area contributed by atoms with Crippen molar-refractivity contribution in [1.29, 1.82) is 0 Å². The molecule has 0 saturated heterocycles. The number of aromatic nitrogens is 3. The molecule has 2 aromatic heterocycles. The van der Waals surface area contributed by atoms with E-state index in [2.05, 4.69) is 14.9 Å². The monoisotopic (exact) mass is 416 g/mol. The second kappa shape index (κ2) is 9.75. The lowest BCUT2D eigenvalue weighted by atomic mass is 10.2. The van der Waals surface area contributed by atoms with Crippen LogP contribution in [0.2, 0.25) is 0 Å². The second-order valence-electron chi connectivity index (χ2n) is 6.94. The predicted octanol–water partition coefficient (Wildman–Crippen LogP) is 3.49. The Kier molecular flexibility index (Phi) is 6.42. The summed E-state index contributed by atoms with van der Waals surface area (Å²) in [4.78, 5) is 21.0. The van der Waals surface area contributed by atoms with Crippen molar-refractivity contribution in [3.63, 3.8) is 0 Å².